The topological polar surface area (TPSA) is 68.0 Å². The number of anilines is 1. The maximum absolute atomic E-state index is 13.0. The molecule has 1 aliphatic rings. The van der Waals surface area contributed by atoms with Crippen LogP contribution in [0.2, 0.25) is 0 Å². The summed E-state index contributed by atoms with van der Waals surface area (Å²) in [5, 5.41) is 7.31. The molecule has 7 heteroatoms. The van der Waals surface area contributed by atoms with Crippen molar-refractivity contribution in [2.24, 2.45) is 0 Å². The van der Waals surface area contributed by atoms with Crippen molar-refractivity contribution >= 4 is 11.6 Å². The monoisotopic (exact) mass is 378 g/mol. The first-order valence-corrected chi connectivity index (χ1v) is 9.89. The van der Waals surface area contributed by atoms with Crippen molar-refractivity contribution in [3.05, 3.63) is 60.9 Å². The minimum absolute atomic E-state index is 0.0566. The van der Waals surface area contributed by atoms with Crippen LogP contribution in [-0.4, -0.2) is 42.7 Å². The van der Waals surface area contributed by atoms with Crippen LogP contribution in [0.4, 0.5) is 5.69 Å². The molecule has 1 aromatic carbocycles. The Morgan fingerprint density at radius 1 is 1.18 bits per heavy atom. The number of hydrogen-bond donors (Lipinski definition) is 1. The first-order valence-electron chi connectivity index (χ1n) is 9.89. The van der Waals surface area contributed by atoms with Crippen LogP contribution < -0.4 is 5.32 Å². The van der Waals surface area contributed by atoms with Gasteiger partial charge in [0.05, 0.1) is 18.3 Å². The molecule has 1 atom stereocenters. The largest absolute Gasteiger partial charge is 0.334 e. The molecule has 1 aliphatic heterocycles. The van der Waals surface area contributed by atoms with Crippen LogP contribution >= 0.6 is 0 Å². The number of nitrogens with zero attached hydrogens (tertiary/aromatic N) is 5. The number of carbonyl (C=O) groups excluding carboxylic acids is 1. The van der Waals surface area contributed by atoms with E-state index in [1.807, 2.05) is 48.9 Å². The third-order valence-corrected chi connectivity index (χ3v) is 5.31. The normalized spacial score (nSPS) is 17.5. The van der Waals surface area contributed by atoms with Crippen molar-refractivity contribution in [3.8, 4) is 5.69 Å². The van der Waals surface area contributed by atoms with E-state index in [2.05, 4.69) is 31.8 Å². The van der Waals surface area contributed by atoms with Crippen molar-refractivity contribution in [2.75, 3.05) is 11.9 Å². The highest BCUT2D eigenvalue weighted by atomic mass is 16.2. The molecule has 0 bridgehead atoms. The zero-order valence-electron chi connectivity index (χ0n) is 16.2. The van der Waals surface area contributed by atoms with Crippen molar-refractivity contribution in [2.45, 2.75) is 45.3 Å². The van der Waals surface area contributed by atoms with Crippen LogP contribution in [0.25, 0.3) is 5.69 Å². The minimum atomic E-state index is -0.124. The average Bonchev–Trinajstić information content (AvgIpc) is 3.41. The van der Waals surface area contributed by atoms with Gasteiger partial charge in [0.1, 0.15) is 5.82 Å². The molecule has 3 heterocycles. The summed E-state index contributed by atoms with van der Waals surface area (Å²) in [7, 11) is 0. The molecule has 0 spiro atoms. The van der Waals surface area contributed by atoms with E-state index < -0.39 is 0 Å². The lowest BCUT2D eigenvalue weighted by Crippen LogP contribution is -2.46. The van der Waals surface area contributed by atoms with Crippen LogP contribution in [-0.2, 0) is 17.9 Å². The summed E-state index contributed by atoms with van der Waals surface area (Å²) >= 11 is 0. The Labute approximate surface area is 165 Å². The summed E-state index contributed by atoms with van der Waals surface area (Å²) in [6.45, 7) is 4.63. The summed E-state index contributed by atoms with van der Waals surface area (Å²) in [4.78, 5) is 19.7. The first kappa shape index (κ1) is 18.4. The molecule has 28 heavy (non-hydrogen) atoms. The zero-order valence-corrected chi connectivity index (χ0v) is 16.2. The van der Waals surface area contributed by atoms with Crippen molar-refractivity contribution in [1.82, 2.24) is 24.2 Å². The molecular weight excluding hydrogens is 352 g/mol. The molecule has 1 N–H and O–H groups in total. The fraction of sp³-hybridized carbons (Fsp3) is 0.381. The third-order valence-electron chi connectivity index (χ3n) is 5.31. The molecule has 7 nitrogen and oxygen atoms in total. The van der Waals surface area contributed by atoms with Gasteiger partial charge in [-0.15, -0.1) is 0 Å². The summed E-state index contributed by atoms with van der Waals surface area (Å²) in [6.07, 6.45) is 10.5. The average molecular weight is 378 g/mol. The fourth-order valence-corrected chi connectivity index (χ4v) is 3.78. The third kappa shape index (κ3) is 3.99. The lowest BCUT2D eigenvalue weighted by molar-refractivity contribution is -0.122. The number of amides is 1. The maximum Gasteiger partial charge on any atom is 0.241 e. The smallest absolute Gasteiger partial charge is 0.241 e. The van der Waals surface area contributed by atoms with E-state index in [-0.39, 0.29) is 11.9 Å². The second-order valence-electron chi connectivity index (χ2n) is 7.10. The van der Waals surface area contributed by atoms with E-state index in [0.29, 0.717) is 6.54 Å². The van der Waals surface area contributed by atoms with E-state index in [1.54, 1.807) is 10.9 Å². The molecule has 3 aromatic rings. The Morgan fingerprint density at radius 2 is 2.04 bits per heavy atom. The summed E-state index contributed by atoms with van der Waals surface area (Å²) in [6, 6.07) is 9.52. The van der Waals surface area contributed by atoms with Gasteiger partial charge in [0.2, 0.25) is 5.91 Å². The molecule has 146 valence electrons. The number of imidazole rings is 1. The first-order chi connectivity index (χ1) is 13.7. The van der Waals surface area contributed by atoms with Gasteiger partial charge in [-0.05, 0) is 56.6 Å². The van der Waals surface area contributed by atoms with Gasteiger partial charge in [-0.2, -0.15) is 5.10 Å². The van der Waals surface area contributed by atoms with E-state index in [1.165, 1.54) is 0 Å². The van der Waals surface area contributed by atoms with Crippen LogP contribution in [0.15, 0.2) is 55.1 Å². The predicted molar refractivity (Wildman–Crippen MR) is 108 cm³/mol. The molecule has 4 rings (SSSR count). The van der Waals surface area contributed by atoms with Gasteiger partial charge in [-0.1, -0.05) is 6.42 Å². The number of likely N-dealkylation sites (tertiary alicyclic amines) is 1. The fourth-order valence-electron chi connectivity index (χ4n) is 3.78. The van der Waals surface area contributed by atoms with E-state index in [9.17, 15) is 4.79 Å². The second-order valence-corrected chi connectivity index (χ2v) is 7.10. The van der Waals surface area contributed by atoms with Gasteiger partial charge in [0.25, 0.3) is 0 Å². The highest BCUT2D eigenvalue weighted by molar-refractivity contribution is 5.94. The number of aromatic nitrogens is 4. The highest BCUT2D eigenvalue weighted by Gasteiger charge is 2.29. The molecular formula is C21H26N6O. The predicted octanol–water partition coefficient (Wildman–Crippen LogP) is 3.08. The van der Waals surface area contributed by atoms with Crippen molar-refractivity contribution in [1.29, 1.82) is 0 Å². The number of hydrogen-bond acceptors (Lipinski definition) is 4. The molecule has 0 aliphatic carbocycles. The van der Waals surface area contributed by atoms with E-state index >= 15 is 0 Å². The second kappa shape index (κ2) is 8.39. The SMILES string of the molecule is CCn1ccnc1CN1CCCCC1C(=O)Nc1ccc(-n2cccn2)cc1. The van der Waals surface area contributed by atoms with Gasteiger partial charge >= 0.3 is 0 Å². The van der Waals surface area contributed by atoms with Crippen molar-refractivity contribution < 1.29 is 4.79 Å². The molecule has 1 saturated heterocycles. The standard InChI is InChI=1S/C21H26N6O/c1-2-25-15-12-22-20(25)16-26-13-4-3-6-19(26)21(28)24-17-7-9-18(10-8-17)27-14-5-11-23-27/h5,7-12,14-15,19H,2-4,6,13,16H2,1H3,(H,24,28). The molecule has 2 aromatic heterocycles. The van der Waals surface area contributed by atoms with Crippen molar-refractivity contribution in [3.63, 3.8) is 0 Å². The number of piperidine rings is 1. The number of carbonyl (C=O) groups is 1. The quantitative estimate of drug-likeness (QED) is 0.716. The van der Waals surface area contributed by atoms with Gasteiger partial charge in [0.15, 0.2) is 0 Å². The van der Waals surface area contributed by atoms with Crippen LogP contribution in [0.1, 0.15) is 32.0 Å². The zero-order chi connectivity index (χ0) is 19.3. The van der Waals surface area contributed by atoms with Gasteiger partial charge in [-0.3, -0.25) is 9.69 Å². The molecule has 1 amide bonds. The lowest BCUT2D eigenvalue weighted by Gasteiger charge is -2.34. The summed E-state index contributed by atoms with van der Waals surface area (Å²) in [5.41, 5.74) is 1.77. The number of nitrogens with one attached hydrogen (secondary N) is 1. The Bertz CT molecular complexity index is 899. The van der Waals surface area contributed by atoms with Crippen LogP contribution in [0.5, 0.6) is 0 Å². The Kier molecular flexibility index (Phi) is 5.53. The number of aryl methyl sites for hydroxylation is 1. The highest BCUT2D eigenvalue weighted by Crippen LogP contribution is 2.21. The number of rotatable bonds is 6. The maximum atomic E-state index is 13.0. The molecule has 0 saturated carbocycles. The van der Waals surface area contributed by atoms with Gasteiger partial charge in [0, 0.05) is 37.0 Å². The molecule has 1 fully saturated rings. The molecule has 0 radical (unpaired) electrons. The Morgan fingerprint density at radius 3 is 2.79 bits per heavy atom. The summed E-state index contributed by atoms with van der Waals surface area (Å²) in [5.74, 6) is 1.08. The van der Waals surface area contributed by atoms with Gasteiger partial charge < -0.3 is 9.88 Å². The summed E-state index contributed by atoms with van der Waals surface area (Å²) < 4.78 is 3.93. The van der Waals surface area contributed by atoms with E-state index in [4.69, 9.17) is 0 Å². The van der Waals surface area contributed by atoms with Crippen LogP contribution in [0.3, 0.4) is 0 Å². The number of benzene rings is 1. The van der Waals surface area contributed by atoms with Crippen LogP contribution in [0, 0.1) is 0 Å². The lowest BCUT2D eigenvalue weighted by atomic mass is 10.0. The molecule has 1 unspecified atom stereocenters. The Hall–Kier alpha value is -2.93. The van der Waals surface area contributed by atoms with E-state index in [0.717, 1.165) is 49.6 Å². The Balaban J connectivity index is 1.43. The minimum Gasteiger partial charge on any atom is -0.334 e. The van der Waals surface area contributed by atoms with Gasteiger partial charge in [-0.25, -0.2) is 9.67 Å².